The van der Waals surface area contributed by atoms with E-state index in [0.717, 1.165) is 49.4 Å². The van der Waals surface area contributed by atoms with E-state index in [-0.39, 0.29) is 11.9 Å². The lowest BCUT2D eigenvalue weighted by Gasteiger charge is -2.18. The fourth-order valence-corrected chi connectivity index (χ4v) is 4.20. The molecule has 0 atom stereocenters. The molecule has 30 heavy (non-hydrogen) atoms. The van der Waals surface area contributed by atoms with Crippen LogP contribution in [0.3, 0.4) is 0 Å². The van der Waals surface area contributed by atoms with Crippen molar-refractivity contribution in [3.05, 3.63) is 65.2 Å². The average Bonchev–Trinajstić information content (AvgIpc) is 3.41. The Kier molecular flexibility index (Phi) is 6.64. The third-order valence-corrected chi connectivity index (χ3v) is 5.91. The molecule has 0 bridgehead atoms. The molecule has 6 heteroatoms. The van der Waals surface area contributed by atoms with Crippen LogP contribution >= 0.6 is 0 Å². The molecule has 2 heterocycles. The molecule has 0 aromatic heterocycles. The van der Waals surface area contributed by atoms with Gasteiger partial charge >= 0.3 is 6.03 Å². The molecule has 0 spiro atoms. The number of rotatable bonds is 7. The van der Waals surface area contributed by atoms with E-state index in [1.165, 1.54) is 18.4 Å². The van der Waals surface area contributed by atoms with Crippen molar-refractivity contribution in [1.82, 2.24) is 15.1 Å². The van der Waals surface area contributed by atoms with E-state index >= 15 is 0 Å². The highest BCUT2D eigenvalue weighted by atomic mass is 16.2. The lowest BCUT2D eigenvalue weighted by atomic mass is 10.1. The second-order valence-corrected chi connectivity index (χ2v) is 8.18. The normalized spacial score (nSPS) is 16.8. The zero-order valence-corrected chi connectivity index (χ0v) is 17.4. The lowest BCUT2D eigenvalue weighted by Crippen LogP contribution is -2.29. The van der Waals surface area contributed by atoms with Crippen LogP contribution in [0.5, 0.6) is 0 Å². The molecule has 2 aromatic rings. The zero-order chi connectivity index (χ0) is 20.8. The average molecular weight is 407 g/mol. The van der Waals surface area contributed by atoms with Gasteiger partial charge in [-0.1, -0.05) is 36.4 Å². The molecular weight excluding hydrogens is 376 g/mol. The van der Waals surface area contributed by atoms with Crippen LogP contribution in [0.25, 0.3) is 0 Å². The molecule has 2 N–H and O–H groups in total. The highest BCUT2D eigenvalue weighted by Gasteiger charge is 2.20. The first-order chi connectivity index (χ1) is 14.7. The van der Waals surface area contributed by atoms with Gasteiger partial charge in [0.05, 0.1) is 0 Å². The van der Waals surface area contributed by atoms with Crippen molar-refractivity contribution in [1.29, 1.82) is 0 Å². The number of amides is 3. The van der Waals surface area contributed by atoms with Crippen LogP contribution in [-0.4, -0.2) is 41.4 Å². The van der Waals surface area contributed by atoms with Crippen molar-refractivity contribution in [2.24, 2.45) is 0 Å². The number of carbonyl (C=O) groups is 2. The van der Waals surface area contributed by atoms with E-state index in [9.17, 15) is 9.59 Å². The highest BCUT2D eigenvalue weighted by Crippen LogP contribution is 2.17. The van der Waals surface area contributed by atoms with Crippen LogP contribution in [0.2, 0.25) is 0 Å². The smallest absolute Gasteiger partial charge is 0.319 e. The van der Waals surface area contributed by atoms with Crippen LogP contribution < -0.4 is 10.6 Å². The van der Waals surface area contributed by atoms with Crippen LogP contribution in [0.4, 0.5) is 10.5 Å². The summed E-state index contributed by atoms with van der Waals surface area (Å²) in [5.41, 5.74) is 4.26. The number of urea groups is 1. The fraction of sp³-hybridized carbons (Fsp3) is 0.417. The Morgan fingerprint density at radius 2 is 1.60 bits per heavy atom. The Hall–Kier alpha value is -2.86. The van der Waals surface area contributed by atoms with Crippen LogP contribution in [0, 0.1) is 0 Å². The Balaban J connectivity index is 1.27. The number of nitrogens with one attached hydrogen (secondary N) is 2. The standard InChI is InChI=1S/C24H30N4O2/c29-23-8-5-15-28(23)17-19-9-11-22(12-10-19)26-24(30)25-16-20-6-1-2-7-21(20)18-27-13-3-4-14-27/h1-2,6-7,9-12H,3-5,8,13-18H2,(H2,25,26,30). The van der Waals surface area contributed by atoms with E-state index in [1.54, 1.807) is 0 Å². The van der Waals surface area contributed by atoms with Gasteiger partial charge in [0.25, 0.3) is 0 Å². The SMILES string of the molecule is O=C(NCc1ccccc1CN1CCCC1)Nc1ccc(CN2CCCC2=O)cc1. The minimum absolute atomic E-state index is 0.214. The minimum atomic E-state index is -0.214. The number of anilines is 1. The highest BCUT2D eigenvalue weighted by molar-refractivity contribution is 5.89. The minimum Gasteiger partial charge on any atom is -0.338 e. The summed E-state index contributed by atoms with van der Waals surface area (Å²) in [6, 6.07) is 15.8. The van der Waals surface area contributed by atoms with Gasteiger partial charge in [-0.3, -0.25) is 9.69 Å². The summed E-state index contributed by atoms with van der Waals surface area (Å²) in [4.78, 5) is 28.5. The summed E-state index contributed by atoms with van der Waals surface area (Å²) in [6.07, 6.45) is 4.15. The Morgan fingerprint density at radius 3 is 2.30 bits per heavy atom. The molecule has 2 saturated heterocycles. The summed E-state index contributed by atoms with van der Waals surface area (Å²) < 4.78 is 0. The van der Waals surface area contributed by atoms with E-state index in [0.29, 0.717) is 19.5 Å². The van der Waals surface area contributed by atoms with Crippen LogP contribution in [0.1, 0.15) is 42.4 Å². The van der Waals surface area contributed by atoms with E-state index in [4.69, 9.17) is 0 Å². The molecule has 3 amide bonds. The third kappa shape index (κ3) is 5.39. The van der Waals surface area contributed by atoms with E-state index < -0.39 is 0 Å². The second-order valence-electron chi connectivity index (χ2n) is 8.18. The number of hydrogen-bond acceptors (Lipinski definition) is 3. The zero-order valence-electron chi connectivity index (χ0n) is 17.4. The van der Waals surface area contributed by atoms with E-state index in [2.05, 4.69) is 33.7 Å². The quantitative estimate of drug-likeness (QED) is 0.736. The van der Waals surface area contributed by atoms with Gasteiger partial charge in [0.15, 0.2) is 0 Å². The van der Waals surface area contributed by atoms with Crippen molar-refractivity contribution in [2.75, 3.05) is 25.0 Å². The molecule has 4 rings (SSSR count). The molecule has 2 fully saturated rings. The molecular formula is C24H30N4O2. The maximum Gasteiger partial charge on any atom is 0.319 e. The van der Waals surface area contributed by atoms with Gasteiger partial charge in [0.2, 0.25) is 5.91 Å². The van der Waals surface area contributed by atoms with E-state index in [1.807, 2.05) is 35.2 Å². The van der Waals surface area contributed by atoms with Gasteiger partial charge in [-0.05, 0) is 61.2 Å². The summed E-state index contributed by atoms with van der Waals surface area (Å²) in [5.74, 6) is 0.224. The lowest BCUT2D eigenvalue weighted by molar-refractivity contribution is -0.128. The Morgan fingerprint density at radius 1 is 0.867 bits per heavy atom. The van der Waals surface area contributed by atoms with Gasteiger partial charge < -0.3 is 15.5 Å². The van der Waals surface area contributed by atoms with Gasteiger partial charge in [-0.2, -0.15) is 0 Å². The van der Waals surface area contributed by atoms with Crippen molar-refractivity contribution < 1.29 is 9.59 Å². The monoisotopic (exact) mass is 406 g/mol. The van der Waals surface area contributed by atoms with Gasteiger partial charge in [0.1, 0.15) is 0 Å². The topological polar surface area (TPSA) is 64.7 Å². The molecule has 2 aliphatic heterocycles. The largest absolute Gasteiger partial charge is 0.338 e. The number of hydrogen-bond donors (Lipinski definition) is 2. The molecule has 0 unspecified atom stereocenters. The number of nitrogens with zero attached hydrogens (tertiary/aromatic N) is 2. The number of benzene rings is 2. The van der Waals surface area contributed by atoms with Crippen molar-refractivity contribution >= 4 is 17.6 Å². The summed E-state index contributed by atoms with van der Waals surface area (Å²) >= 11 is 0. The molecule has 2 aliphatic rings. The number of carbonyl (C=O) groups excluding carboxylic acids is 2. The molecule has 0 aliphatic carbocycles. The Labute approximate surface area is 178 Å². The Bertz CT molecular complexity index is 875. The first kappa shape index (κ1) is 20.4. The maximum absolute atomic E-state index is 12.4. The van der Waals surface area contributed by atoms with Crippen LogP contribution in [-0.2, 0) is 24.4 Å². The first-order valence-electron chi connectivity index (χ1n) is 10.9. The molecule has 158 valence electrons. The molecule has 6 nitrogen and oxygen atoms in total. The summed E-state index contributed by atoms with van der Waals surface area (Å²) in [6.45, 7) is 5.24. The second kappa shape index (κ2) is 9.76. The predicted octanol–water partition coefficient (Wildman–Crippen LogP) is 3.73. The molecule has 0 saturated carbocycles. The number of likely N-dealkylation sites (tertiary alicyclic amines) is 2. The van der Waals surface area contributed by atoms with Gasteiger partial charge in [0, 0.05) is 38.3 Å². The summed E-state index contributed by atoms with van der Waals surface area (Å²) in [5, 5.41) is 5.86. The summed E-state index contributed by atoms with van der Waals surface area (Å²) in [7, 11) is 0. The van der Waals surface area contributed by atoms with Crippen molar-refractivity contribution in [3.8, 4) is 0 Å². The fourth-order valence-electron chi connectivity index (χ4n) is 4.20. The third-order valence-electron chi connectivity index (χ3n) is 5.91. The maximum atomic E-state index is 12.4. The van der Waals surface area contributed by atoms with Crippen molar-refractivity contribution in [2.45, 2.75) is 45.3 Å². The predicted molar refractivity (Wildman–Crippen MR) is 118 cm³/mol. The molecule has 2 aromatic carbocycles. The van der Waals surface area contributed by atoms with Gasteiger partial charge in [-0.25, -0.2) is 4.79 Å². The first-order valence-corrected chi connectivity index (χ1v) is 10.9. The molecule has 0 radical (unpaired) electrons. The van der Waals surface area contributed by atoms with Gasteiger partial charge in [-0.15, -0.1) is 0 Å². The van der Waals surface area contributed by atoms with Crippen molar-refractivity contribution in [3.63, 3.8) is 0 Å². The van der Waals surface area contributed by atoms with Crippen LogP contribution in [0.15, 0.2) is 48.5 Å².